The summed E-state index contributed by atoms with van der Waals surface area (Å²) < 4.78 is 32.7. The first-order valence-corrected chi connectivity index (χ1v) is 12.8. The summed E-state index contributed by atoms with van der Waals surface area (Å²) in [6.07, 6.45) is 6.81. The summed E-state index contributed by atoms with van der Waals surface area (Å²) in [6, 6.07) is 12.2. The molecule has 0 spiro atoms. The molecule has 0 radical (unpaired) electrons. The summed E-state index contributed by atoms with van der Waals surface area (Å²) in [5, 5.41) is 9.49. The number of fused-ring (bicyclic) bond motifs is 1. The molecule has 202 valence electrons. The second-order valence-corrected chi connectivity index (χ2v) is 9.80. The fraction of sp³-hybridized carbons (Fsp3) is 0.429. The Kier molecular flexibility index (Phi) is 8.83. The predicted octanol–water partition coefficient (Wildman–Crippen LogP) is 5.03. The van der Waals surface area contributed by atoms with E-state index in [1.807, 2.05) is 37.4 Å². The van der Waals surface area contributed by atoms with Crippen molar-refractivity contribution in [2.45, 2.75) is 57.3 Å². The van der Waals surface area contributed by atoms with Crippen LogP contribution in [0, 0.1) is 13.8 Å². The lowest BCUT2D eigenvalue weighted by Crippen LogP contribution is -2.33. The van der Waals surface area contributed by atoms with Crippen molar-refractivity contribution in [1.29, 1.82) is 0 Å². The van der Waals surface area contributed by atoms with Crippen LogP contribution in [0.25, 0.3) is 17.0 Å². The van der Waals surface area contributed by atoms with E-state index in [0.29, 0.717) is 24.0 Å². The van der Waals surface area contributed by atoms with Gasteiger partial charge < -0.3 is 19.6 Å². The summed E-state index contributed by atoms with van der Waals surface area (Å²) in [5.41, 5.74) is 5.70. The number of rotatable bonds is 4. The Bertz CT molecular complexity index is 1320. The van der Waals surface area contributed by atoms with Crippen molar-refractivity contribution >= 4 is 12.1 Å². The first kappa shape index (κ1) is 27.4. The maximum absolute atomic E-state index is 12.8. The Labute approximate surface area is 220 Å². The minimum atomic E-state index is -2.57. The van der Waals surface area contributed by atoms with Gasteiger partial charge in [0.25, 0.3) is 0 Å². The minimum absolute atomic E-state index is 0.192. The number of benzene rings is 1. The van der Waals surface area contributed by atoms with Crippen molar-refractivity contribution < 1.29 is 18.1 Å². The average Bonchev–Trinajstić information content (AvgIpc) is 3.56. The molecule has 4 aromatic rings. The molecular weight excluding hydrogens is 490 g/mol. The Morgan fingerprint density at radius 1 is 1.11 bits per heavy atom. The number of carbonyl (C=O) groups excluding carboxylic acids is 1. The van der Waals surface area contributed by atoms with Gasteiger partial charge in [-0.15, -0.1) is 0 Å². The van der Waals surface area contributed by atoms with E-state index in [2.05, 4.69) is 55.4 Å². The highest BCUT2D eigenvalue weighted by molar-refractivity contribution is 5.54. The summed E-state index contributed by atoms with van der Waals surface area (Å²) in [7, 11) is 1.56. The number of aryl methyl sites for hydroxylation is 2. The molecule has 3 aromatic heterocycles. The summed E-state index contributed by atoms with van der Waals surface area (Å²) >= 11 is 0. The average molecular weight is 525 g/mol. The van der Waals surface area contributed by atoms with Gasteiger partial charge in [0.1, 0.15) is 5.65 Å². The van der Waals surface area contributed by atoms with Crippen molar-refractivity contribution in [3.8, 4) is 11.4 Å². The van der Waals surface area contributed by atoms with E-state index in [1.54, 1.807) is 7.05 Å². The lowest BCUT2D eigenvalue weighted by atomic mass is 9.81. The van der Waals surface area contributed by atoms with Gasteiger partial charge in [0.05, 0.1) is 0 Å². The van der Waals surface area contributed by atoms with Crippen LogP contribution in [-0.4, -0.2) is 52.0 Å². The van der Waals surface area contributed by atoms with Crippen LogP contribution in [0.5, 0.6) is 0 Å². The Morgan fingerprint density at radius 3 is 2.42 bits per heavy atom. The number of nitrogens with one attached hydrogen (secondary N) is 2. The lowest BCUT2D eigenvalue weighted by molar-refractivity contribution is -0.109. The highest BCUT2D eigenvalue weighted by atomic mass is 19.3. The second kappa shape index (κ2) is 12.3. The molecule has 6 rings (SSSR count). The summed E-state index contributed by atoms with van der Waals surface area (Å²) in [6.45, 7) is 6.36. The first-order valence-electron chi connectivity index (χ1n) is 12.8. The molecule has 1 aliphatic heterocycles. The molecule has 2 N–H and O–H groups in total. The van der Waals surface area contributed by atoms with E-state index < -0.39 is 5.92 Å². The monoisotopic (exact) mass is 524 g/mol. The van der Waals surface area contributed by atoms with Crippen molar-refractivity contribution in [3.05, 3.63) is 71.5 Å². The third-order valence-corrected chi connectivity index (χ3v) is 6.84. The normalized spacial score (nSPS) is 17.0. The third kappa shape index (κ3) is 6.80. The molecular formula is C28H34F2N6O2. The molecule has 1 saturated heterocycles. The number of halogens is 2. The topological polar surface area (TPSA) is 97.4 Å². The summed E-state index contributed by atoms with van der Waals surface area (Å²) in [4.78, 5) is 17.7. The van der Waals surface area contributed by atoms with E-state index in [1.165, 1.54) is 24.1 Å². The zero-order valence-electron chi connectivity index (χ0n) is 22.0. The molecule has 1 amide bonds. The van der Waals surface area contributed by atoms with Crippen LogP contribution in [0.4, 0.5) is 8.78 Å². The molecule has 0 atom stereocenters. The largest absolute Gasteiger partial charge is 0.362 e. The van der Waals surface area contributed by atoms with Gasteiger partial charge >= 0.3 is 0 Å². The Balaban J connectivity index is 0.000000156. The molecule has 38 heavy (non-hydrogen) atoms. The number of hydrogen-bond donors (Lipinski definition) is 2. The number of hydrogen-bond acceptors (Lipinski definition) is 6. The van der Waals surface area contributed by atoms with E-state index in [4.69, 9.17) is 9.32 Å². The van der Waals surface area contributed by atoms with Crippen LogP contribution in [0.3, 0.4) is 0 Å². The number of imidazole rings is 1. The van der Waals surface area contributed by atoms with Gasteiger partial charge in [0.2, 0.25) is 24.0 Å². The highest BCUT2D eigenvalue weighted by Gasteiger charge is 2.48. The van der Waals surface area contributed by atoms with Crippen LogP contribution in [0.1, 0.15) is 60.2 Å². The van der Waals surface area contributed by atoms with Crippen molar-refractivity contribution in [3.63, 3.8) is 0 Å². The van der Waals surface area contributed by atoms with Gasteiger partial charge in [0, 0.05) is 49.5 Å². The van der Waals surface area contributed by atoms with Gasteiger partial charge in [-0.2, -0.15) is 4.98 Å². The Hall–Kier alpha value is -3.66. The third-order valence-electron chi connectivity index (χ3n) is 6.84. The molecule has 4 heterocycles. The molecule has 2 fully saturated rings. The molecule has 0 bridgehead atoms. The molecule has 10 heteroatoms. The first-order chi connectivity index (χ1) is 18.3. The molecule has 1 aliphatic carbocycles. The van der Waals surface area contributed by atoms with Gasteiger partial charge in [0.15, 0.2) is 0 Å². The number of nitrogens with zero attached hydrogens (tertiary/aromatic N) is 4. The standard InChI is InChI=1S/C13H12F2N2O.C13H17N3.C2H5NO/c1-8-2-4-9(5-3-8)11-16-12(18-17-11)10-6-13(14,15)7-10;1-10-9-15-13-8-12(4-7-16(10)13)11-2-5-14-6-3-11;1-3-2-4/h2-5,10H,6-7H2,1H3;4,7-9,11,14H,2-3,5-6H2,1H3;2H,1H3,(H,3,4). The predicted molar refractivity (Wildman–Crippen MR) is 141 cm³/mol. The SMILES string of the molecule is CNC=O.Cc1ccc(-c2noc(C3CC(F)(F)C3)n2)cc1.Cc1cnc2cc(C3CCNCC3)ccn12. The maximum atomic E-state index is 12.8. The van der Waals surface area contributed by atoms with Crippen molar-refractivity contribution in [1.82, 2.24) is 30.2 Å². The summed E-state index contributed by atoms with van der Waals surface area (Å²) in [5.74, 6) is -1.38. The number of piperidine rings is 1. The van der Waals surface area contributed by atoms with E-state index >= 15 is 0 Å². The van der Waals surface area contributed by atoms with Crippen LogP contribution in [0.2, 0.25) is 0 Å². The molecule has 0 unspecified atom stereocenters. The lowest BCUT2D eigenvalue weighted by Gasteiger charge is -2.31. The zero-order chi connectivity index (χ0) is 27.1. The molecule has 1 aromatic carbocycles. The van der Waals surface area contributed by atoms with Crippen molar-refractivity contribution in [2.24, 2.45) is 0 Å². The number of aromatic nitrogens is 4. The molecule has 1 saturated carbocycles. The fourth-order valence-electron chi connectivity index (χ4n) is 4.59. The van der Waals surface area contributed by atoms with Gasteiger partial charge in [-0.05, 0) is 63.4 Å². The maximum Gasteiger partial charge on any atom is 0.249 e. The minimum Gasteiger partial charge on any atom is -0.362 e. The number of alkyl halides is 2. The highest BCUT2D eigenvalue weighted by Crippen LogP contribution is 2.47. The van der Waals surface area contributed by atoms with Crippen LogP contribution in [-0.2, 0) is 4.79 Å². The Morgan fingerprint density at radius 2 is 1.79 bits per heavy atom. The number of amides is 1. The van der Waals surface area contributed by atoms with Crippen LogP contribution < -0.4 is 10.6 Å². The molecule has 2 aliphatic rings. The van der Waals surface area contributed by atoms with Crippen LogP contribution in [0.15, 0.2) is 53.3 Å². The number of carbonyl (C=O) groups is 1. The van der Waals surface area contributed by atoms with E-state index in [-0.39, 0.29) is 18.8 Å². The van der Waals surface area contributed by atoms with Crippen molar-refractivity contribution in [2.75, 3.05) is 20.1 Å². The smallest absolute Gasteiger partial charge is 0.249 e. The molecule has 8 nitrogen and oxygen atoms in total. The van der Waals surface area contributed by atoms with Gasteiger partial charge in [-0.25, -0.2) is 13.8 Å². The second-order valence-electron chi connectivity index (χ2n) is 9.80. The van der Waals surface area contributed by atoms with Gasteiger partial charge in [-0.3, -0.25) is 4.79 Å². The van der Waals surface area contributed by atoms with E-state index in [0.717, 1.165) is 29.9 Å². The number of pyridine rings is 1. The van der Waals surface area contributed by atoms with Crippen LogP contribution >= 0.6 is 0 Å². The van der Waals surface area contributed by atoms with Gasteiger partial charge in [-0.1, -0.05) is 35.0 Å². The van der Waals surface area contributed by atoms with E-state index in [9.17, 15) is 8.78 Å². The fourth-order valence-corrected chi connectivity index (χ4v) is 4.59. The quantitative estimate of drug-likeness (QED) is 0.364. The zero-order valence-corrected chi connectivity index (χ0v) is 22.0.